The van der Waals surface area contributed by atoms with Crippen molar-refractivity contribution in [2.75, 3.05) is 6.61 Å². The molecule has 1 N–H and O–H groups in total. The zero-order valence-electron chi connectivity index (χ0n) is 12.0. The van der Waals surface area contributed by atoms with Crippen molar-refractivity contribution in [2.24, 2.45) is 0 Å². The SMILES string of the molecule is CCOC(=O)c1cc2c([nH]c1=O)C[C@@H](c1cccs1)CC2=O. The van der Waals surface area contributed by atoms with Gasteiger partial charge in [-0.2, -0.15) is 0 Å². The van der Waals surface area contributed by atoms with E-state index in [0.29, 0.717) is 24.1 Å². The second-order valence-corrected chi connectivity index (χ2v) is 6.15. The van der Waals surface area contributed by atoms with Crippen LogP contribution in [0.15, 0.2) is 28.4 Å². The summed E-state index contributed by atoms with van der Waals surface area (Å²) >= 11 is 1.61. The van der Waals surface area contributed by atoms with E-state index in [4.69, 9.17) is 4.74 Å². The number of esters is 1. The number of ether oxygens (including phenoxy) is 1. The van der Waals surface area contributed by atoms with Gasteiger partial charge in [0.25, 0.3) is 5.56 Å². The summed E-state index contributed by atoms with van der Waals surface area (Å²) in [5, 5.41) is 1.97. The van der Waals surface area contributed by atoms with E-state index in [1.54, 1.807) is 18.3 Å². The fraction of sp³-hybridized carbons (Fsp3) is 0.312. The number of Topliss-reactive ketones (excluding diaryl/α,β-unsaturated/α-hetero) is 1. The molecule has 3 rings (SSSR count). The molecule has 2 aromatic heterocycles. The van der Waals surface area contributed by atoms with E-state index < -0.39 is 11.5 Å². The second-order valence-electron chi connectivity index (χ2n) is 5.17. The van der Waals surface area contributed by atoms with Crippen LogP contribution in [-0.4, -0.2) is 23.3 Å². The molecule has 0 bridgehead atoms. The van der Waals surface area contributed by atoms with E-state index in [-0.39, 0.29) is 23.9 Å². The van der Waals surface area contributed by atoms with Crippen molar-refractivity contribution in [1.29, 1.82) is 0 Å². The molecule has 22 heavy (non-hydrogen) atoms. The Bertz CT molecular complexity index is 776. The maximum Gasteiger partial charge on any atom is 0.343 e. The predicted molar refractivity (Wildman–Crippen MR) is 82.7 cm³/mol. The number of carbonyl (C=O) groups excluding carboxylic acids is 2. The Hall–Kier alpha value is -2.21. The zero-order chi connectivity index (χ0) is 15.7. The lowest BCUT2D eigenvalue weighted by Gasteiger charge is -2.22. The molecule has 2 heterocycles. The van der Waals surface area contributed by atoms with Gasteiger partial charge in [0.1, 0.15) is 5.56 Å². The highest BCUT2D eigenvalue weighted by molar-refractivity contribution is 7.10. The van der Waals surface area contributed by atoms with Crippen LogP contribution < -0.4 is 5.56 Å². The standard InChI is InChI=1S/C16H15NO4S/c1-2-21-16(20)11-8-10-12(17-15(11)19)6-9(7-13(10)18)14-4-3-5-22-14/h3-5,8-9H,2,6-7H2,1H3,(H,17,19)/t9-/m1/s1. The average molecular weight is 317 g/mol. The van der Waals surface area contributed by atoms with Crippen LogP contribution in [0.2, 0.25) is 0 Å². The maximum atomic E-state index is 12.4. The zero-order valence-corrected chi connectivity index (χ0v) is 12.9. The van der Waals surface area contributed by atoms with Gasteiger partial charge < -0.3 is 9.72 Å². The molecule has 0 saturated heterocycles. The molecular formula is C16H15NO4S. The summed E-state index contributed by atoms with van der Waals surface area (Å²) in [4.78, 5) is 40.0. The van der Waals surface area contributed by atoms with Crippen molar-refractivity contribution < 1.29 is 14.3 Å². The van der Waals surface area contributed by atoms with Gasteiger partial charge in [-0.05, 0) is 30.9 Å². The fourth-order valence-corrected chi connectivity index (χ4v) is 3.55. The van der Waals surface area contributed by atoms with Gasteiger partial charge in [0.2, 0.25) is 0 Å². The van der Waals surface area contributed by atoms with Crippen LogP contribution in [0, 0.1) is 0 Å². The number of hydrogen-bond acceptors (Lipinski definition) is 5. The fourth-order valence-electron chi connectivity index (χ4n) is 2.72. The summed E-state index contributed by atoms with van der Waals surface area (Å²) in [5.74, 6) is -0.662. The Kier molecular flexibility index (Phi) is 3.94. The van der Waals surface area contributed by atoms with Gasteiger partial charge in [-0.1, -0.05) is 6.07 Å². The van der Waals surface area contributed by atoms with Gasteiger partial charge in [0.05, 0.1) is 6.61 Å². The van der Waals surface area contributed by atoms with Crippen molar-refractivity contribution >= 4 is 23.1 Å². The third-order valence-corrected chi connectivity index (χ3v) is 4.78. The number of ketones is 1. The third kappa shape index (κ3) is 2.62. The van der Waals surface area contributed by atoms with E-state index in [2.05, 4.69) is 4.98 Å². The van der Waals surface area contributed by atoms with Crippen LogP contribution in [0.5, 0.6) is 0 Å². The summed E-state index contributed by atoms with van der Waals surface area (Å²) in [5.41, 5.74) is 0.420. The third-order valence-electron chi connectivity index (χ3n) is 3.75. The number of aromatic nitrogens is 1. The van der Waals surface area contributed by atoms with Gasteiger partial charge in [0.15, 0.2) is 5.78 Å². The number of hydrogen-bond donors (Lipinski definition) is 1. The van der Waals surface area contributed by atoms with Crippen LogP contribution in [0.4, 0.5) is 0 Å². The first-order valence-corrected chi connectivity index (χ1v) is 7.98. The normalized spacial score (nSPS) is 17.1. The number of aromatic amines is 1. The molecule has 2 aromatic rings. The molecule has 114 valence electrons. The minimum absolute atomic E-state index is 0.0542. The minimum atomic E-state index is -0.695. The molecule has 0 saturated carbocycles. The Morgan fingerprint density at radius 3 is 2.91 bits per heavy atom. The number of carbonyl (C=O) groups is 2. The molecule has 0 aliphatic heterocycles. The van der Waals surface area contributed by atoms with E-state index in [1.165, 1.54) is 6.07 Å². The van der Waals surface area contributed by atoms with Crippen molar-refractivity contribution in [3.05, 3.63) is 55.6 Å². The molecular weight excluding hydrogens is 302 g/mol. The van der Waals surface area contributed by atoms with Crippen LogP contribution in [-0.2, 0) is 11.2 Å². The highest BCUT2D eigenvalue weighted by Gasteiger charge is 2.29. The molecule has 1 aliphatic carbocycles. The van der Waals surface area contributed by atoms with Gasteiger partial charge in [-0.15, -0.1) is 11.3 Å². The summed E-state index contributed by atoms with van der Waals surface area (Å²) in [6.07, 6.45) is 0.988. The lowest BCUT2D eigenvalue weighted by molar-refractivity contribution is 0.0524. The molecule has 5 nitrogen and oxygen atoms in total. The summed E-state index contributed by atoms with van der Waals surface area (Å²) in [7, 11) is 0. The number of thiophene rings is 1. The molecule has 0 unspecified atom stereocenters. The van der Waals surface area contributed by atoms with Crippen LogP contribution in [0.3, 0.4) is 0 Å². The van der Waals surface area contributed by atoms with Gasteiger partial charge in [0, 0.05) is 28.5 Å². The van der Waals surface area contributed by atoms with Crippen LogP contribution in [0.1, 0.15) is 50.5 Å². The predicted octanol–water partition coefficient (Wildman–Crippen LogP) is 2.53. The van der Waals surface area contributed by atoms with Crippen molar-refractivity contribution in [1.82, 2.24) is 4.98 Å². The van der Waals surface area contributed by atoms with Gasteiger partial charge in [-0.3, -0.25) is 9.59 Å². The lowest BCUT2D eigenvalue weighted by Crippen LogP contribution is -2.27. The van der Waals surface area contributed by atoms with E-state index in [9.17, 15) is 14.4 Å². The Morgan fingerprint density at radius 1 is 1.41 bits per heavy atom. The molecule has 0 spiro atoms. The highest BCUT2D eigenvalue weighted by atomic mass is 32.1. The largest absolute Gasteiger partial charge is 0.462 e. The highest BCUT2D eigenvalue weighted by Crippen LogP contribution is 2.33. The Morgan fingerprint density at radius 2 is 2.23 bits per heavy atom. The molecule has 0 aromatic carbocycles. The Labute approximate surface area is 130 Å². The van der Waals surface area contributed by atoms with E-state index >= 15 is 0 Å². The van der Waals surface area contributed by atoms with Gasteiger partial charge >= 0.3 is 5.97 Å². The van der Waals surface area contributed by atoms with Crippen molar-refractivity contribution in [2.45, 2.75) is 25.7 Å². The summed E-state index contributed by atoms with van der Waals surface area (Å²) in [6, 6.07) is 5.32. The number of H-pyrrole nitrogens is 1. The molecule has 1 atom stereocenters. The number of rotatable bonds is 3. The smallest absolute Gasteiger partial charge is 0.343 e. The quantitative estimate of drug-likeness (QED) is 0.883. The summed E-state index contributed by atoms with van der Waals surface area (Å²) in [6.45, 7) is 1.85. The first kappa shape index (κ1) is 14.7. The first-order valence-electron chi connectivity index (χ1n) is 7.10. The molecule has 0 radical (unpaired) electrons. The van der Waals surface area contributed by atoms with Crippen LogP contribution >= 0.6 is 11.3 Å². The first-order chi connectivity index (χ1) is 10.6. The molecule has 0 fully saturated rings. The number of pyridine rings is 1. The molecule has 1 aliphatic rings. The van der Waals surface area contributed by atoms with E-state index in [0.717, 1.165) is 4.88 Å². The van der Waals surface area contributed by atoms with E-state index in [1.807, 2.05) is 17.5 Å². The van der Waals surface area contributed by atoms with Crippen LogP contribution in [0.25, 0.3) is 0 Å². The Balaban J connectivity index is 1.98. The minimum Gasteiger partial charge on any atom is -0.462 e. The average Bonchev–Trinajstić information content (AvgIpc) is 3.00. The van der Waals surface area contributed by atoms with Gasteiger partial charge in [-0.25, -0.2) is 4.79 Å². The molecule has 0 amide bonds. The number of nitrogens with one attached hydrogen (secondary N) is 1. The monoisotopic (exact) mass is 317 g/mol. The summed E-state index contributed by atoms with van der Waals surface area (Å²) < 4.78 is 4.85. The lowest BCUT2D eigenvalue weighted by atomic mass is 9.84. The van der Waals surface area contributed by atoms with Crippen molar-refractivity contribution in [3.8, 4) is 0 Å². The van der Waals surface area contributed by atoms with Crippen molar-refractivity contribution in [3.63, 3.8) is 0 Å². The topological polar surface area (TPSA) is 76.2 Å². The molecule has 6 heteroatoms. The number of fused-ring (bicyclic) bond motifs is 1. The maximum absolute atomic E-state index is 12.4. The second kappa shape index (κ2) is 5.88.